The second kappa shape index (κ2) is 6.34. The van der Waals surface area contributed by atoms with E-state index in [0.29, 0.717) is 17.2 Å². The maximum Gasteiger partial charge on any atom is 0.243 e. The lowest BCUT2D eigenvalue weighted by molar-refractivity contribution is 0.395. The van der Waals surface area contributed by atoms with E-state index < -0.39 is 10.0 Å². The molecular weight excluding hydrogens is 310 g/mol. The van der Waals surface area contributed by atoms with Crippen LogP contribution in [0, 0.1) is 6.92 Å². The molecule has 1 heterocycles. The highest BCUT2D eigenvalue weighted by Gasteiger charge is 2.36. The van der Waals surface area contributed by atoms with Crippen LogP contribution in [-0.2, 0) is 10.0 Å². The van der Waals surface area contributed by atoms with Crippen LogP contribution in [0.4, 0.5) is 0 Å². The van der Waals surface area contributed by atoms with E-state index in [9.17, 15) is 8.42 Å². The van der Waals surface area contributed by atoms with E-state index in [-0.39, 0.29) is 6.04 Å². The summed E-state index contributed by atoms with van der Waals surface area (Å²) in [5.74, 6) is 0.654. The van der Waals surface area contributed by atoms with Gasteiger partial charge in [0.15, 0.2) is 0 Å². The topological polar surface area (TPSA) is 46.6 Å². The van der Waals surface area contributed by atoms with Gasteiger partial charge in [-0.25, -0.2) is 8.42 Å². The van der Waals surface area contributed by atoms with Crippen molar-refractivity contribution in [2.75, 3.05) is 13.7 Å². The van der Waals surface area contributed by atoms with Crippen molar-refractivity contribution >= 4 is 10.0 Å². The summed E-state index contributed by atoms with van der Waals surface area (Å²) in [6.45, 7) is 2.60. The Balaban J connectivity index is 1.96. The Morgan fingerprint density at radius 3 is 2.43 bits per heavy atom. The van der Waals surface area contributed by atoms with Crippen molar-refractivity contribution in [1.82, 2.24) is 4.31 Å². The molecular formula is C18H21NO3S. The lowest BCUT2D eigenvalue weighted by Crippen LogP contribution is -2.31. The van der Waals surface area contributed by atoms with Crippen molar-refractivity contribution in [3.05, 3.63) is 59.7 Å². The number of nitrogens with zero attached hydrogens (tertiary/aromatic N) is 1. The average molecular weight is 331 g/mol. The highest BCUT2D eigenvalue weighted by Crippen LogP contribution is 2.37. The van der Waals surface area contributed by atoms with Gasteiger partial charge in [0.05, 0.1) is 18.0 Å². The number of hydrogen-bond acceptors (Lipinski definition) is 3. The lowest BCUT2D eigenvalue weighted by Gasteiger charge is -2.25. The van der Waals surface area contributed by atoms with E-state index in [1.165, 1.54) is 0 Å². The number of rotatable bonds is 4. The fourth-order valence-corrected chi connectivity index (χ4v) is 4.86. The van der Waals surface area contributed by atoms with E-state index in [1.807, 2.05) is 31.2 Å². The lowest BCUT2D eigenvalue weighted by atomic mass is 10.0. The summed E-state index contributed by atoms with van der Waals surface area (Å²) in [7, 11) is -1.93. The molecule has 0 amide bonds. The summed E-state index contributed by atoms with van der Waals surface area (Å²) < 4.78 is 32.8. The maximum absolute atomic E-state index is 13.0. The minimum absolute atomic E-state index is 0.0803. The molecule has 0 bridgehead atoms. The van der Waals surface area contributed by atoms with Crippen molar-refractivity contribution in [2.24, 2.45) is 0 Å². The van der Waals surface area contributed by atoms with Crippen LogP contribution in [0.15, 0.2) is 53.4 Å². The van der Waals surface area contributed by atoms with Gasteiger partial charge in [0.2, 0.25) is 10.0 Å². The molecule has 0 aromatic heterocycles. The SMILES string of the molecule is COc1ccc(S(=O)(=O)N2CCCC2c2ccccc2C)cc1. The Kier molecular flexibility index (Phi) is 4.41. The van der Waals surface area contributed by atoms with E-state index >= 15 is 0 Å². The van der Waals surface area contributed by atoms with Gasteiger partial charge >= 0.3 is 0 Å². The number of benzene rings is 2. The zero-order valence-corrected chi connectivity index (χ0v) is 14.2. The van der Waals surface area contributed by atoms with Crippen LogP contribution < -0.4 is 4.74 Å². The molecule has 5 heteroatoms. The molecule has 3 rings (SSSR count). The quantitative estimate of drug-likeness (QED) is 0.861. The Hall–Kier alpha value is -1.85. The predicted octanol–water partition coefficient (Wildman–Crippen LogP) is 3.53. The highest BCUT2D eigenvalue weighted by atomic mass is 32.2. The second-order valence-corrected chi connectivity index (χ2v) is 7.70. The maximum atomic E-state index is 13.0. The van der Waals surface area contributed by atoms with Crippen molar-refractivity contribution in [2.45, 2.75) is 30.7 Å². The third kappa shape index (κ3) is 2.99. The van der Waals surface area contributed by atoms with Gasteiger partial charge in [-0.15, -0.1) is 0 Å². The molecule has 0 saturated carbocycles. The van der Waals surface area contributed by atoms with Gasteiger partial charge in [-0.2, -0.15) is 4.31 Å². The van der Waals surface area contributed by atoms with Gasteiger partial charge < -0.3 is 4.74 Å². The monoisotopic (exact) mass is 331 g/mol. The fourth-order valence-electron chi connectivity index (χ4n) is 3.18. The Labute approximate surface area is 137 Å². The molecule has 4 nitrogen and oxygen atoms in total. The van der Waals surface area contributed by atoms with Gasteiger partial charge in [0.1, 0.15) is 5.75 Å². The first kappa shape index (κ1) is 16.0. The van der Waals surface area contributed by atoms with E-state index in [1.54, 1.807) is 35.7 Å². The molecule has 1 aliphatic heterocycles. The van der Waals surface area contributed by atoms with Crippen LogP contribution in [0.3, 0.4) is 0 Å². The number of hydrogen-bond donors (Lipinski definition) is 0. The zero-order chi connectivity index (χ0) is 16.4. The molecule has 1 fully saturated rings. The summed E-state index contributed by atoms with van der Waals surface area (Å²) in [4.78, 5) is 0.318. The molecule has 0 radical (unpaired) electrons. The highest BCUT2D eigenvalue weighted by molar-refractivity contribution is 7.89. The molecule has 2 aromatic rings. The van der Waals surface area contributed by atoms with Gasteiger partial charge in [0, 0.05) is 6.54 Å². The van der Waals surface area contributed by atoms with Crippen LogP contribution in [-0.4, -0.2) is 26.4 Å². The third-order valence-corrected chi connectivity index (χ3v) is 6.34. The minimum Gasteiger partial charge on any atom is -0.497 e. The first-order valence-electron chi connectivity index (χ1n) is 7.75. The largest absolute Gasteiger partial charge is 0.497 e. The summed E-state index contributed by atoms with van der Waals surface area (Å²) >= 11 is 0. The van der Waals surface area contributed by atoms with Gasteiger partial charge in [-0.05, 0) is 55.2 Å². The average Bonchev–Trinajstić information content (AvgIpc) is 3.05. The first-order chi connectivity index (χ1) is 11.0. The number of ether oxygens (including phenoxy) is 1. The summed E-state index contributed by atoms with van der Waals surface area (Å²) in [5, 5.41) is 0. The molecule has 1 unspecified atom stereocenters. The van der Waals surface area contributed by atoms with Crippen LogP contribution in [0.2, 0.25) is 0 Å². The van der Waals surface area contributed by atoms with Crippen molar-refractivity contribution < 1.29 is 13.2 Å². The number of sulfonamides is 1. The Morgan fingerprint density at radius 1 is 1.09 bits per heavy atom. The van der Waals surface area contributed by atoms with Crippen LogP contribution >= 0.6 is 0 Å². The van der Waals surface area contributed by atoms with Crippen molar-refractivity contribution in [1.29, 1.82) is 0 Å². The normalized spacial score (nSPS) is 19.0. The molecule has 0 spiro atoms. The molecule has 1 atom stereocenters. The van der Waals surface area contributed by atoms with E-state index in [0.717, 1.165) is 24.0 Å². The molecule has 122 valence electrons. The molecule has 1 saturated heterocycles. The Bertz CT molecular complexity index is 784. The van der Waals surface area contributed by atoms with Crippen LogP contribution in [0.5, 0.6) is 5.75 Å². The molecule has 0 aliphatic carbocycles. The molecule has 2 aromatic carbocycles. The summed E-state index contributed by atoms with van der Waals surface area (Å²) in [6, 6.07) is 14.5. The van der Waals surface area contributed by atoms with Crippen LogP contribution in [0.1, 0.15) is 30.0 Å². The molecule has 0 N–H and O–H groups in total. The van der Waals surface area contributed by atoms with E-state index in [2.05, 4.69) is 0 Å². The second-order valence-electron chi connectivity index (χ2n) is 5.81. The zero-order valence-electron chi connectivity index (χ0n) is 13.4. The molecule has 1 aliphatic rings. The smallest absolute Gasteiger partial charge is 0.243 e. The third-order valence-electron chi connectivity index (χ3n) is 4.42. The first-order valence-corrected chi connectivity index (χ1v) is 9.19. The van der Waals surface area contributed by atoms with Crippen molar-refractivity contribution in [3.8, 4) is 5.75 Å². The number of aryl methyl sites for hydroxylation is 1. The Morgan fingerprint density at radius 2 is 1.78 bits per heavy atom. The van der Waals surface area contributed by atoms with Crippen molar-refractivity contribution in [3.63, 3.8) is 0 Å². The van der Waals surface area contributed by atoms with Gasteiger partial charge in [-0.3, -0.25) is 0 Å². The van der Waals surface area contributed by atoms with Crippen LogP contribution in [0.25, 0.3) is 0 Å². The summed E-state index contributed by atoms with van der Waals surface area (Å²) in [6.07, 6.45) is 1.74. The molecule has 23 heavy (non-hydrogen) atoms. The standard InChI is InChI=1S/C18H21NO3S/c1-14-6-3-4-7-17(14)18-8-5-13-19(18)23(20,21)16-11-9-15(22-2)10-12-16/h3-4,6-7,9-12,18H,5,8,13H2,1-2H3. The number of methoxy groups -OCH3 is 1. The van der Waals surface area contributed by atoms with Gasteiger partial charge in [-0.1, -0.05) is 24.3 Å². The fraction of sp³-hybridized carbons (Fsp3) is 0.333. The predicted molar refractivity (Wildman–Crippen MR) is 90.0 cm³/mol. The van der Waals surface area contributed by atoms with E-state index in [4.69, 9.17) is 4.74 Å². The summed E-state index contributed by atoms with van der Waals surface area (Å²) in [5.41, 5.74) is 2.23. The minimum atomic E-state index is -3.50. The van der Waals surface area contributed by atoms with Gasteiger partial charge in [0.25, 0.3) is 0 Å².